The van der Waals surface area contributed by atoms with E-state index >= 15 is 0 Å². The van der Waals surface area contributed by atoms with Crippen LogP contribution in [0.4, 0.5) is 5.82 Å². The number of aryl methyl sites for hydroxylation is 1. The van der Waals surface area contributed by atoms with Gasteiger partial charge >= 0.3 is 0 Å². The van der Waals surface area contributed by atoms with Crippen molar-refractivity contribution in [1.29, 1.82) is 0 Å². The molecule has 3 heterocycles. The summed E-state index contributed by atoms with van der Waals surface area (Å²) >= 11 is 0. The van der Waals surface area contributed by atoms with Crippen LogP contribution in [0.2, 0.25) is 0 Å². The molecule has 1 aliphatic heterocycles. The highest BCUT2D eigenvalue weighted by molar-refractivity contribution is 5.93. The van der Waals surface area contributed by atoms with Crippen LogP contribution in [-0.4, -0.2) is 49.1 Å². The summed E-state index contributed by atoms with van der Waals surface area (Å²) in [5.41, 5.74) is 2.01. The minimum absolute atomic E-state index is 0.0939. The van der Waals surface area contributed by atoms with Gasteiger partial charge in [0.15, 0.2) is 0 Å². The fraction of sp³-hybridized carbons (Fsp3) is 0.455. The van der Waals surface area contributed by atoms with Crippen LogP contribution in [0, 0.1) is 5.92 Å². The zero-order valence-corrected chi connectivity index (χ0v) is 16.9. The summed E-state index contributed by atoms with van der Waals surface area (Å²) in [6.45, 7) is 2.06. The Morgan fingerprint density at radius 2 is 1.87 bits per heavy atom. The Morgan fingerprint density at radius 3 is 2.67 bits per heavy atom. The Labute approximate surface area is 174 Å². The van der Waals surface area contributed by atoms with Gasteiger partial charge in [-0.15, -0.1) is 0 Å². The van der Waals surface area contributed by atoms with Gasteiger partial charge < -0.3 is 14.8 Å². The summed E-state index contributed by atoms with van der Waals surface area (Å²) in [5, 5.41) is 7.44. The Morgan fingerprint density at radius 1 is 1.07 bits per heavy atom. The van der Waals surface area contributed by atoms with Gasteiger partial charge in [-0.2, -0.15) is 5.10 Å². The monoisotopic (exact) mass is 406 g/mol. The third kappa shape index (κ3) is 3.81. The maximum atomic E-state index is 12.7. The summed E-state index contributed by atoms with van der Waals surface area (Å²) in [6, 6.07) is 10.0. The number of imidazole rings is 1. The van der Waals surface area contributed by atoms with Crippen LogP contribution >= 0.6 is 0 Å². The molecule has 0 bridgehead atoms. The number of para-hydroxylation sites is 2. The number of carbonyl (C=O) groups excluding carboxylic acids is 2. The van der Waals surface area contributed by atoms with E-state index in [1.165, 1.54) is 0 Å². The number of amides is 2. The average Bonchev–Trinajstić information content (AvgIpc) is 3.40. The molecular formula is C22H26N6O2. The molecule has 2 fully saturated rings. The van der Waals surface area contributed by atoms with Crippen LogP contribution in [0.25, 0.3) is 11.0 Å². The number of hydrogen-bond acceptors (Lipinski definition) is 4. The number of aromatic nitrogens is 4. The third-order valence-corrected chi connectivity index (χ3v) is 6.13. The van der Waals surface area contributed by atoms with Crippen LogP contribution < -0.4 is 5.32 Å². The number of nitrogens with zero attached hydrogens (tertiary/aromatic N) is 5. The average molecular weight is 406 g/mol. The molecule has 0 unspecified atom stereocenters. The van der Waals surface area contributed by atoms with Crippen LogP contribution in [0.15, 0.2) is 42.9 Å². The first kappa shape index (κ1) is 18.8. The standard InChI is InChI=1S/C22H26N6O2/c29-21(10-14-27-15-23-18-3-1-2-4-19(18)27)26-12-8-17(9-13-26)28-20(7-11-24-28)25-22(30)16-5-6-16/h1-4,7,11,15-17H,5-6,8-10,12-14H2,(H,25,30). The molecule has 2 aromatic heterocycles. The molecule has 0 radical (unpaired) electrons. The van der Waals surface area contributed by atoms with Crippen LogP contribution in [-0.2, 0) is 16.1 Å². The minimum atomic E-state index is 0.0939. The molecule has 156 valence electrons. The molecule has 1 aliphatic carbocycles. The molecule has 1 aromatic carbocycles. The minimum Gasteiger partial charge on any atom is -0.342 e. The highest BCUT2D eigenvalue weighted by atomic mass is 16.2. The quantitative estimate of drug-likeness (QED) is 0.682. The molecule has 30 heavy (non-hydrogen) atoms. The Kier molecular flexibility index (Phi) is 4.98. The van der Waals surface area contributed by atoms with Gasteiger partial charge in [0, 0.05) is 38.0 Å². The zero-order valence-electron chi connectivity index (χ0n) is 16.9. The number of likely N-dealkylation sites (tertiary alicyclic amines) is 1. The van der Waals surface area contributed by atoms with Crippen molar-refractivity contribution in [2.75, 3.05) is 18.4 Å². The molecule has 0 atom stereocenters. The van der Waals surface area contributed by atoms with Gasteiger partial charge in [-0.05, 0) is 37.8 Å². The van der Waals surface area contributed by atoms with E-state index in [1.807, 2.05) is 44.5 Å². The lowest BCUT2D eigenvalue weighted by Gasteiger charge is -2.33. The summed E-state index contributed by atoms with van der Waals surface area (Å²) in [6.07, 6.45) is 7.65. The predicted molar refractivity (Wildman–Crippen MR) is 113 cm³/mol. The number of carbonyl (C=O) groups is 2. The lowest BCUT2D eigenvalue weighted by atomic mass is 10.0. The number of benzene rings is 1. The van der Waals surface area contributed by atoms with E-state index < -0.39 is 0 Å². The maximum absolute atomic E-state index is 12.7. The number of piperidine rings is 1. The molecule has 1 N–H and O–H groups in total. The van der Waals surface area contributed by atoms with Crippen molar-refractivity contribution in [3.8, 4) is 0 Å². The second kappa shape index (κ2) is 7.93. The van der Waals surface area contributed by atoms with Gasteiger partial charge in [-0.1, -0.05) is 12.1 Å². The topological polar surface area (TPSA) is 85.0 Å². The molecule has 8 nitrogen and oxygen atoms in total. The van der Waals surface area contributed by atoms with Crippen molar-refractivity contribution < 1.29 is 9.59 Å². The van der Waals surface area contributed by atoms with Crippen LogP contribution in [0.1, 0.15) is 38.1 Å². The molecule has 1 saturated carbocycles. The van der Waals surface area contributed by atoms with Crippen LogP contribution in [0.3, 0.4) is 0 Å². The smallest absolute Gasteiger partial charge is 0.228 e. The maximum Gasteiger partial charge on any atom is 0.228 e. The van der Waals surface area contributed by atoms with E-state index in [-0.39, 0.29) is 23.8 Å². The zero-order chi connectivity index (χ0) is 20.5. The Hall–Kier alpha value is -3.16. The van der Waals surface area contributed by atoms with Crippen molar-refractivity contribution in [3.63, 3.8) is 0 Å². The number of nitrogens with one attached hydrogen (secondary N) is 1. The summed E-state index contributed by atoms with van der Waals surface area (Å²) in [5.74, 6) is 1.20. The van der Waals surface area contributed by atoms with E-state index in [0.29, 0.717) is 26.1 Å². The number of fused-ring (bicyclic) bond motifs is 1. The van der Waals surface area contributed by atoms with Crippen molar-refractivity contribution in [1.82, 2.24) is 24.2 Å². The first-order valence-corrected chi connectivity index (χ1v) is 10.7. The van der Waals surface area contributed by atoms with Gasteiger partial charge in [-0.3, -0.25) is 9.59 Å². The fourth-order valence-corrected chi connectivity index (χ4v) is 4.20. The predicted octanol–water partition coefficient (Wildman–Crippen LogP) is 2.84. The number of hydrogen-bond donors (Lipinski definition) is 1. The fourth-order valence-electron chi connectivity index (χ4n) is 4.20. The van der Waals surface area contributed by atoms with E-state index in [0.717, 1.165) is 42.5 Å². The van der Waals surface area contributed by atoms with Gasteiger partial charge in [0.05, 0.1) is 29.6 Å². The molecule has 8 heteroatoms. The number of rotatable bonds is 6. The third-order valence-electron chi connectivity index (χ3n) is 6.13. The van der Waals surface area contributed by atoms with E-state index in [2.05, 4.69) is 15.4 Å². The molecule has 1 saturated heterocycles. The molecule has 2 amide bonds. The summed E-state index contributed by atoms with van der Waals surface area (Å²) < 4.78 is 3.96. The van der Waals surface area contributed by atoms with Crippen molar-refractivity contribution >= 4 is 28.7 Å². The van der Waals surface area contributed by atoms with Crippen molar-refractivity contribution in [3.05, 3.63) is 42.9 Å². The molecule has 0 spiro atoms. The molecule has 5 rings (SSSR count). The largest absolute Gasteiger partial charge is 0.342 e. The normalized spacial score (nSPS) is 17.4. The van der Waals surface area contributed by atoms with E-state index in [9.17, 15) is 9.59 Å². The van der Waals surface area contributed by atoms with Gasteiger partial charge in [0.25, 0.3) is 0 Å². The SMILES string of the molecule is O=C(Nc1ccnn1C1CCN(C(=O)CCn2cnc3ccccc32)CC1)C1CC1. The second-order valence-electron chi connectivity index (χ2n) is 8.21. The summed E-state index contributed by atoms with van der Waals surface area (Å²) in [7, 11) is 0. The molecular weight excluding hydrogens is 380 g/mol. The first-order valence-electron chi connectivity index (χ1n) is 10.7. The number of anilines is 1. The van der Waals surface area contributed by atoms with Crippen molar-refractivity contribution in [2.24, 2.45) is 5.92 Å². The highest BCUT2D eigenvalue weighted by Crippen LogP contribution is 2.31. The highest BCUT2D eigenvalue weighted by Gasteiger charge is 2.31. The van der Waals surface area contributed by atoms with Gasteiger partial charge in [0.1, 0.15) is 5.82 Å². The van der Waals surface area contributed by atoms with E-state index in [4.69, 9.17) is 0 Å². The van der Waals surface area contributed by atoms with Crippen LogP contribution in [0.5, 0.6) is 0 Å². The van der Waals surface area contributed by atoms with Crippen molar-refractivity contribution in [2.45, 2.75) is 44.7 Å². The molecule has 3 aromatic rings. The van der Waals surface area contributed by atoms with E-state index in [1.54, 1.807) is 12.5 Å². The first-order chi connectivity index (χ1) is 14.7. The lowest BCUT2D eigenvalue weighted by molar-refractivity contribution is -0.132. The molecule has 2 aliphatic rings. The Bertz CT molecular complexity index is 1060. The summed E-state index contributed by atoms with van der Waals surface area (Å²) in [4.78, 5) is 31.2. The lowest BCUT2D eigenvalue weighted by Crippen LogP contribution is -2.39. The second-order valence-corrected chi connectivity index (χ2v) is 8.21. The van der Waals surface area contributed by atoms with Gasteiger partial charge in [-0.25, -0.2) is 9.67 Å². The Balaban J connectivity index is 1.15. The van der Waals surface area contributed by atoms with Gasteiger partial charge in [0.2, 0.25) is 11.8 Å².